The van der Waals surface area contributed by atoms with Crippen LogP contribution in [0.15, 0.2) is 6.20 Å². The quantitative estimate of drug-likeness (QED) is 0.769. The van der Waals surface area contributed by atoms with E-state index in [1.807, 2.05) is 6.92 Å². The number of carbonyl (C=O) groups excluding carboxylic acids is 1. The number of anilines is 1. The number of ether oxygens (including phenoxy) is 1. The van der Waals surface area contributed by atoms with E-state index in [1.54, 1.807) is 0 Å². The Kier molecular flexibility index (Phi) is 3.72. The van der Waals surface area contributed by atoms with Gasteiger partial charge in [-0.05, 0) is 6.92 Å². The van der Waals surface area contributed by atoms with Gasteiger partial charge in [-0.25, -0.2) is 0 Å². The third-order valence-electron chi connectivity index (χ3n) is 1.30. The van der Waals surface area contributed by atoms with E-state index in [9.17, 15) is 4.79 Å². The van der Waals surface area contributed by atoms with Gasteiger partial charge in [0, 0.05) is 6.61 Å². The second kappa shape index (κ2) is 4.84. The van der Waals surface area contributed by atoms with Gasteiger partial charge in [0.1, 0.15) is 11.8 Å². The summed E-state index contributed by atoms with van der Waals surface area (Å²) in [6, 6.07) is 0. The van der Waals surface area contributed by atoms with E-state index in [1.165, 1.54) is 6.20 Å². The number of hydrogen-bond acceptors (Lipinski definition) is 3. The minimum absolute atomic E-state index is 0.0258. The van der Waals surface area contributed by atoms with Crippen LogP contribution in [0.5, 0.6) is 0 Å². The van der Waals surface area contributed by atoms with Crippen molar-refractivity contribution >= 4 is 23.2 Å². The highest BCUT2D eigenvalue weighted by atomic mass is 35.5. The molecular weight excluding hydrogens is 194 g/mol. The zero-order chi connectivity index (χ0) is 9.68. The number of nitrogens with zero attached hydrogens (tertiary/aromatic N) is 1. The predicted molar refractivity (Wildman–Crippen MR) is 48.7 cm³/mol. The lowest BCUT2D eigenvalue weighted by atomic mass is 10.5. The van der Waals surface area contributed by atoms with E-state index in [0.717, 1.165) is 0 Å². The highest BCUT2D eigenvalue weighted by Gasteiger charge is 2.06. The molecule has 1 aromatic heterocycles. The first-order valence-electron chi connectivity index (χ1n) is 3.80. The van der Waals surface area contributed by atoms with Gasteiger partial charge < -0.3 is 10.1 Å². The lowest BCUT2D eigenvalue weighted by molar-refractivity contribution is -0.120. The highest BCUT2D eigenvalue weighted by Crippen LogP contribution is 2.16. The number of carbonyl (C=O) groups is 1. The van der Waals surface area contributed by atoms with Crippen LogP contribution in [-0.2, 0) is 9.53 Å². The first-order chi connectivity index (χ1) is 6.24. The Labute approximate surface area is 80.4 Å². The van der Waals surface area contributed by atoms with Gasteiger partial charge in [-0.2, -0.15) is 5.10 Å². The summed E-state index contributed by atoms with van der Waals surface area (Å²) in [5.74, 6) is -0.245. The molecule has 1 aromatic rings. The average molecular weight is 204 g/mol. The van der Waals surface area contributed by atoms with Crippen LogP contribution in [0.4, 0.5) is 5.69 Å². The molecule has 0 fully saturated rings. The number of aromatic amines is 1. The van der Waals surface area contributed by atoms with E-state index >= 15 is 0 Å². The summed E-state index contributed by atoms with van der Waals surface area (Å²) >= 11 is 5.64. The summed E-state index contributed by atoms with van der Waals surface area (Å²) in [5, 5.41) is 8.98. The van der Waals surface area contributed by atoms with Crippen LogP contribution < -0.4 is 5.32 Å². The Hall–Kier alpha value is -1.07. The van der Waals surface area contributed by atoms with Gasteiger partial charge in [0.05, 0.1) is 11.9 Å². The molecule has 0 unspecified atom stereocenters. The summed E-state index contributed by atoms with van der Waals surface area (Å²) in [5.41, 5.74) is 0.464. The van der Waals surface area contributed by atoms with Crippen LogP contribution in [0.1, 0.15) is 6.92 Å². The Morgan fingerprint density at radius 2 is 2.62 bits per heavy atom. The van der Waals surface area contributed by atoms with Crippen LogP contribution in [0, 0.1) is 0 Å². The second-order valence-corrected chi connectivity index (χ2v) is 2.66. The van der Waals surface area contributed by atoms with Gasteiger partial charge in [-0.3, -0.25) is 9.89 Å². The van der Waals surface area contributed by atoms with Crippen molar-refractivity contribution in [1.82, 2.24) is 10.2 Å². The van der Waals surface area contributed by atoms with Crippen molar-refractivity contribution in [2.75, 3.05) is 18.5 Å². The monoisotopic (exact) mass is 203 g/mol. The molecule has 1 rings (SSSR count). The highest BCUT2D eigenvalue weighted by molar-refractivity contribution is 6.32. The van der Waals surface area contributed by atoms with E-state index < -0.39 is 0 Å². The number of hydrogen-bond donors (Lipinski definition) is 2. The fourth-order valence-electron chi connectivity index (χ4n) is 0.739. The molecular formula is C7H10ClN3O2. The van der Waals surface area contributed by atoms with Crippen LogP contribution in [0.3, 0.4) is 0 Å². The van der Waals surface area contributed by atoms with Gasteiger partial charge in [0.15, 0.2) is 0 Å². The Bertz CT molecular complexity index is 287. The number of H-pyrrole nitrogens is 1. The average Bonchev–Trinajstić information content (AvgIpc) is 2.48. The van der Waals surface area contributed by atoms with Crippen molar-refractivity contribution in [2.45, 2.75) is 6.92 Å². The summed E-state index contributed by atoms with van der Waals surface area (Å²) in [7, 11) is 0. The van der Waals surface area contributed by atoms with Crippen molar-refractivity contribution in [2.24, 2.45) is 0 Å². The zero-order valence-electron chi connectivity index (χ0n) is 7.13. The molecule has 0 spiro atoms. The largest absolute Gasteiger partial charge is 0.372 e. The summed E-state index contributed by atoms with van der Waals surface area (Å²) in [4.78, 5) is 11.1. The molecule has 0 radical (unpaired) electrons. The molecule has 72 valence electrons. The lowest BCUT2D eigenvalue weighted by Gasteiger charge is -2.01. The van der Waals surface area contributed by atoms with Crippen molar-refractivity contribution < 1.29 is 9.53 Å². The fraction of sp³-hybridized carbons (Fsp3) is 0.429. The van der Waals surface area contributed by atoms with Crippen molar-refractivity contribution in [3.8, 4) is 0 Å². The number of amides is 1. The van der Waals surface area contributed by atoms with E-state index in [0.29, 0.717) is 17.4 Å². The van der Waals surface area contributed by atoms with E-state index in [-0.39, 0.29) is 12.5 Å². The maximum Gasteiger partial charge on any atom is 0.250 e. The minimum atomic E-state index is -0.245. The standard InChI is InChI=1S/C7H10ClN3O2/c1-2-13-4-6(12)10-5-3-9-11-7(5)8/h3H,2,4H2,1H3,(H,9,11)(H,10,12). The number of rotatable bonds is 4. The minimum Gasteiger partial charge on any atom is -0.372 e. The first kappa shape index (κ1) is 10.0. The first-order valence-corrected chi connectivity index (χ1v) is 4.18. The maximum absolute atomic E-state index is 11.1. The number of halogens is 1. The summed E-state index contributed by atoms with van der Waals surface area (Å²) in [6.45, 7) is 2.35. The molecule has 0 aliphatic heterocycles. The number of aromatic nitrogens is 2. The predicted octanol–water partition coefficient (Wildman–Crippen LogP) is 1.04. The fourth-order valence-corrected chi connectivity index (χ4v) is 0.883. The summed E-state index contributed by atoms with van der Waals surface area (Å²) < 4.78 is 4.90. The topological polar surface area (TPSA) is 67.0 Å². The van der Waals surface area contributed by atoms with Gasteiger partial charge in [-0.15, -0.1) is 0 Å². The molecule has 2 N–H and O–H groups in total. The molecule has 0 saturated heterocycles. The third kappa shape index (κ3) is 3.04. The van der Waals surface area contributed by atoms with Crippen LogP contribution in [-0.4, -0.2) is 29.3 Å². The van der Waals surface area contributed by atoms with Crippen LogP contribution in [0.2, 0.25) is 5.15 Å². The molecule has 0 aliphatic carbocycles. The SMILES string of the molecule is CCOCC(=O)Nc1cn[nH]c1Cl. The molecule has 0 bridgehead atoms. The van der Waals surface area contributed by atoms with Gasteiger partial charge in [-0.1, -0.05) is 11.6 Å². The van der Waals surface area contributed by atoms with E-state index in [4.69, 9.17) is 16.3 Å². The second-order valence-electron chi connectivity index (χ2n) is 2.28. The normalized spacial score (nSPS) is 10.0. The molecule has 6 heteroatoms. The molecule has 1 amide bonds. The van der Waals surface area contributed by atoms with Crippen molar-refractivity contribution in [3.05, 3.63) is 11.3 Å². The van der Waals surface area contributed by atoms with Gasteiger partial charge in [0.2, 0.25) is 5.91 Å². The Morgan fingerprint density at radius 1 is 1.85 bits per heavy atom. The van der Waals surface area contributed by atoms with Gasteiger partial charge in [0.25, 0.3) is 0 Å². The smallest absolute Gasteiger partial charge is 0.250 e. The van der Waals surface area contributed by atoms with Crippen molar-refractivity contribution in [1.29, 1.82) is 0 Å². The number of nitrogens with one attached hydrogen (secondary N) is 2. The van der Waals surface area contributed by atoms with E-state index in [2.05, 4.69) is 15.5 Å². The summed E-state index contributed by atoms with van der Waals surface area (Å²) in [6.07, 6.45) is 1.44. The van der Waals surface area contributed by atoms with Crippen LogP contribution in [0.25, 0.3) is 0 Å². The molecule has 0 atom stereocenters. The van der Waals surface area contributed by atoms with Crippen molar-refractivity contribution in [3.63, 3.8) is 0 Å². The maximum atomic E-state index is 11.1. The van der Waals surface area contributed by atoms with Gasteiger partial charge >= 0.3 is 0 Å². The molecule has 13 heavy (non-hydrogen) atoms. The molecule has 0 aliphatic rings. The zero-order valence-corrected chi connectivity index (χ0v) is 7.89. The Balaban J connectivity index is 2.41. The molecule has 0 aromatic carbocycles. The third-order valence-corrected chi connectivity index (χ3v) is 1.59. The van der Waals surface area contributed by atoms with Crippen LogP contribution >= 0.6 is 11.6 Å². The lowest BCUT2D eigenvalue weighted by Crippen LogP contribution is -2.17. The molecule has 1 heterocycles. The Morgan fingerprint density at radius 3 is 3.15 bits per heavy atom. The molecule has 5 nitrogen and oxygen atoms in total. The molecule has 0 saturated carbocycles.